The van der Waals surface area contributed by atoms with Gasteiger partial charge < -0.3 is 15.1 Å². The van der Waals surface area contributed by atoms with Crippen molar-refractivity contribution in [3.8, 4) is 0 Å². The Labute approximate surface area is 175 Å². The van der Waals surface area contributed by atoms with Crippen LogP contribution in [0, 0.1) is 11.8 Å². The van der Waals surface area contributed by atoms with E-state index in [1.165, 1.54) is 18.6 Å². The summed E-state index contributed by atoms with van der Waals surface area (Å²) >= 11 is 2.10. The van der Waals surface area contributed by atoms with Gasteiger partial charge in [-0.15, -0.1) is 0 Å². The topological polar surface area (TPSA) is 51.2 Å². The van der Waals surface area contributed by atoms with Gasteiger partial charge in [-0.2, -0.15) is 11.8 Å². The van der Waals surface area contributed by atoms with Crippen molar-refractivity contribution in [1.82, 2.24) is 20.0 Å². The SMILES string of the molecule is CN=C(NCCN1CCN(C(=O)C2CCCC2)CC1)N1CCSC(C(C)C)C1. The highest BCUT2D eigenvalue weighted by molar-refractivity contribution is 8.00. The molecule has 6 nitrogen and oxygen atoms in total. The second-order valence-electron chi connectivity index (χ2n) is 8.72. The molecule has 0 aromatic carbocycles. The Kier molecular flexibility index (Phi) is 8.33. The van der Waals surface area contributed by atoms with Crippen molar-refractivity contribution in [3.05, 3.63) is 0 Å². The molecule has 3 rings (SSSR count). The first-order valence-electron chi connectivity index (χ1n) is 11.2. The molecule has 3 aliphatic rings. The Balaban J connectivity index is 1.36. The third-order valence-electron chi connectivity index (χ3n) is 6.45. The number of carbonyl (C=O) groups excluding carboxylic acids is 1. The van der Waals surface area contributed by atoms with Crippen LogP contribution >= 0.6 is 11.8 Å². The number of nitrogens with one attached hydrogen (secondary N) is 1. The molecule has 1 unspecified atom stereocenters. The standard InChI is InChI=1S/C21H39N5OS/c1-17(2)19-16-26(14-15-28-19)21(22-3)23-8-9-24-10-12-25(13-11-24)20(27)18-6-4-5-7-18/h17-19H,4-16H2,1-3H3,(H,22,23). The maximum atomic E-state index is 12.6. The largest absolute Gasteiger partial charge is 0.355 e. The molecule has 160 valence electrons. The van der Waals surface area contributed by atoms with Crippen molar-refractivity contribution in [2.24, 2.45) is 16.8 Å². The summed E-state index contributed by atoms with van der Waals surface area (Å²) in [7, 11) is 1.89. The number of thioether (sulfide) groups is 1. The van der Waals surface area contributed by atoms with Crippen molar-refractivity contribution in [2.75, 3.05) is 65.2 Å². The normalized spacial score (nSPS) is 25.6. The van der Waals surface area contributed by atoms with Gasteiger partial charge in [0.1, 0.15) is 0 Å². The van der Waals surface area contributed by atoms with E-state index >= 15 is 0 Å². The average Bonchev–Trinajstić information content (AvgIpc) is 3.26. The van der Waals surface area contributed by atoms with Gasteiger partial charge >= 0.3 is 0 Å². The quantitative estimate of drug-likeness (QED) is 0.556. The lowest BCUT2D eigenvalue weighted by Crippen LogP contribution is -2.53. The lowest BCUT2D eigenvalue weighted by Gasteiger charge is -2.37. The van der Waals surface area contributed by atoms with Crippen molar-refractivity contribution in [1.29, 1.82) is 0 Å². The van der Waals surface area contributed by atoms with E-state index in [1.54, 1.807) is 0 Å². The predicted molar refractivity (Wildman–Crippen MR) is 119 cm³/mol. The zero-order valence-corrected chi connectivity index (χ0v) is 18.8. The molecule has 1 N–H and O–H groups in total. The number of amides is 1. The second kappa shape index (κ2) is 10.7. The van der Waals surface area contributed by atoms with E-state index in [4.69, 9.17) is 0 Å². The molecule has 3 fully saturated rings. The smallest absolute Gasteiger partial charge is 0.225 e. The van der Waals surface area contributed by atoms with Gasteiger partial charge in [0.2, 0.25) is 5.91 Å². The van der Waals surface area contributed by atoms with Crippen LogP contribution in [-0.2, 0) is 4.79 Å². The highest BCUT2D eigenvalue weighted by Crippen LogP contribution is 2.27. The molecule has 0 spiro atoms. The Morgan fingerprint density at radius 2 is 1.82 bits per heavy atom. The summed E-state index contributed by atoms with van der Waals surface area (Å²) in [6, 6.07) is 0. The lowest BCUT2D eigenvalue weighted by molar-refractivity contribution is -0.137. The first-order chi connectivity index (χ1) is 13.6. The number of nitrogens with zero attached hydrogens (tertiary/aromatic N) is 4. The van der Waals surface area contributed by atoms with Crippen LogP contribution in [0.2, 0.25) is 0 Å². The van der Waals surface area contributed by atoms with Crippen LogP contribution in [0.4, 0.5) is 0 Å². The van der Waals surface area contributed by atoms with Gasteiger partial charge in [0.25, 0.3) is 0 Å². The summed E-state index contributed by atoms with van der Waals surface area (Å²) in [5.74, 6) is 3.66. The van der Waals surface area contributed by atoms with Crippen molar-refractivity contribution in [2.45, 2.75) is 44.8 Å². The monoisotopic (exact) mass is 409 g/mol. The Morgan fingerprint density at radius 1 is 1.11 bits per heavy atom. The molecule has 1 saturated carbocycles. The summed E-state index contributed by atoms with van der Waals surface area (Å²) in [5, 5.41) is 4.26. The number of rotatable bonds is 5. The molecule has 1 aliphatic carbocycles. The van der Waals surface area contributed by atoms with Crippen molar-refractivity contribution >= 4 is 23.6 Å². The molecule has 0 aromatic heterocycles. The van der Waals surface area contributed by atoms with Crippen LogP contribution in [0.3, 0.4) is 0 Å². The minimum absolute atomic E-state index is 0.314. The summed E-state index contributed by atoms with van der Waals surface area (Å²) in [6.45, 7) is 12.5. The summed E-state index contributed by atoms with van der Waals surface area (Å²) in [6.07, 6.45) is 4.68. The molecule has 1 amide bonds. The van der Waals surface area contributed by atoms with E-state index in [0.717, 1.165) is 71.2 Å². The maximum absolute atomic E-state index is 12.6. The molecule has 0 aromatic rings. The molecule has 0 bridgehead atoms. The van der Waals surface area contributed by atoms with Gasteiger partial charge in [-0.1, -0.05) is 26.7 Å². The second-order valence-corrected chi connectivity index (χ2v) is 10.1. The fourth-order valence-electron chi connectivity index (χ4n) is 4.55. The lowest BCUT2D eigenvalue weighted by atomic mass is 10.1. The van der Waals surface area contributed by atoms with Crippen LogP contribution in [0.15, 0.2) is 4.99 Å². The van der Waals surface area contributed by atoms with E-state index in [1.807, 2.05) is 7.05 Å². The number of hydrogen-bond donors (Lipinski definition) is 1. The Bertz CT molecular complexity index is 527. The first kappa shape index (κ1) is 21.8. The summed E-state index contributed by atoms with van der Waals surface area (Å²) < 4.78 is 0. The van der Waals surface area contributed by atoms with Crippen LogP contribution in [0.25, 0.3) is 0 Å². The Morgan fingerprint density at radius 3 is 2.46 bits per heavy atom. The molecule has 2 heterocycles. The zero-order valence-electron chi connectivity index (χ0n) is 18.0. The van der Waals surface area contributed by atoms with Gasteiger partial charge in [0.05, 0.1) is 0 Å². The number of carbonyl (C=O) groups is 1. The molecule has 1 atom stereocenters. The predicted octanol–water partition coefficient (Wildman–Crippen LogP) is 1.97. The van der Waals surface area contributed by atoms with Gasteiger partial charge in [-0.3, -0.25) is 14.7 Å². The molecular weight excluding hydrogens is 370 g/mol. The zero-order chi connectivity index (χ0) is 19.9. The van der Waals surface area contributed by atoms with Crippen LogP contribution in [-0.4, -0.2) is 97.0 Å². The van der Waals surface area contributed by atoms with E-state index in [0.29, 0.717) is 23.0 Å². The van der Waals surface area contributed by atoms with Gasteiger partial charge in [0, 0.05) is 76.3 Å². The highest BCUT2D eigenvalue weighted by Gasteiger charge is 2.29. The van der Waals surface area contributed by atoms with E-state index in [9.17, 15) is 4.79 Å². The van der Waals surface area contributed by atoms with E-state index < -0.39 is 0 Å². The van der Waals surface area contributed by atoms with Crippen LogP contribution in [0.1, 0.15) is 39.5 Å². The average molecular weight is 410 g/mol. The van der Waals surface area contributed by atoms with Crippen LogP contribution < -0.4 is 5.32 Å². The fraction of sp³-hybridized carbons (Fsp3) is 0.905. The molecule has 2 saturated heterocycles. The summed E-state index contributed by atoms with van der Waals surface area (Å²) in [4.78, 5) is 24.1. The fourth-order valence-corrected chi connectivity index (χ4v) is 5.85. The molecular formula is C21H39N5OS. The Hall–Kier alpha value is -0.950. The van der Waals surface area contributed by atoms with Gasteiger partial charge in [-0.05, 0) is 18.8 Å². The summed E-state index contributed by atoms with van der Waals surface area (Å²) in [5.41, 5.74) is 0. The maximum Gasteiger partial charge on any atom is 0.225 e. The number of piperazine rings is 1. The number of hydrogen-bond acceptors (Lipinski definition) is 4. The highest BCUT2D eigenvalue weighted by atomic mass is 32.2. The number of aliphatic imine (C=N–C) groups is 1. The van der Waals surface area contributed by atoms with Crippen molar-refractivity contribution < 1.29 is 4.79 Å². The first-order valence-corrected chi connectivity index (χ1v) is 12.2. The minimum atomic E-state index is 0.314. The third-order valence-corrected chi connectivity index (χ3v) is 7.99. The molecule has 0 radical (unpaired) electrons. The van der Waals surface area contributed by atoms with Gasteiger partial charge in [0.15, 0.2) is 5.96 Å². The molecule has 28 heavy (non-hydrogen) atoms. The molecule has 7 heteroatoms. The van der Waals surface area contributed by atoms with E-state index in [2.05, 4.69) is 50.6 Å². The van der Waals surface area contributed by atoms with Crippen LogP contribution in [0.5, 0.6) is 0 Å². The van der Waals surface area contributed by atoms with E-state index in [-0.39, 0.29) is 0 Å². The third kappa shape index (κ3) is 5.78. The van der Waals surface area contributed by atoms with Crippen molar-refractivity contribution in [3.63, 3.8) is 0 Å². The minimum Gasteiger partial charge on any atom is -0.355 e. The van der Waals surface area contributed by atoms with Gasteiger partial charge in [-0.25, -0.2) is 0 Å². The number of guanidine groups is 1. The molecule has 2 aliphatic heterocycles.